The number of hydrogen-bond acceptors (Lipinski definition) is 3. The quantitative estimate of drug-likeness (QED) is 0.621. The molecule has 3 heterocycles. The average Bonchev–Trinajstić information content (AvgIpc) is 3.12. The van der Waals surface area contributed by atoms with Gasteiger partial charge in [-0.15, -0.1) is 0 Å². The van der Waals surface area contributed by atoms with Crippen LogP contribution < -0.4 is 5.32 Å². The van der Waals surface area contributed by atoms with E-state index in [1.165, 1.54) is 78.9 Å². The van der Waals surface area contributed by atoms with Crippen LogP contribution in [0.2, 0.25) is 0 Å². The molecule has 2 fully saturated rings. The van der Waals surface area contributed by atoms with Crippen molar-refractivity contribution < 1.29 is 0 Å². The smallest absolute Gasteiger partial charge is 0.114 e. The molecule has 3 aromatic rings. The van der Waals surface area contributed by atoms with E-state index in [-0.39, 0.29) is 0 Å². The van der Waals surface area contributed by atoms with E-state index in [2.05, 4.69) is 71.2 Å². The zero-order chi connectivity index (χ0) is 21.0. The molecule has 1 saturated heterocycles. The number of benzene rings is 2. The minimum Gasteiger partial charge on any atom is -0.382 e. The fourth-order valence-electron chi connectivity index (χ4n) is 6.55. The highest BCUT2D eigenvalue weighted by Crippen LogP contribution is 2.47. The third kappa shape index (κ3) is 3.36. The standard InChI is InChI=1S/C27H34N4/c1-19-8-9-22-23(28-19)10-11-24-26(22)29-25(16-20-6-4-3-5-7-20)31(24)21-12-14-27(15-13-21)17-30(2)18-27/h3-7,10-11,19,21,28H,8-9,12-18H2,1-2H3/t19-/m0/s1. The number of hydrogen-bond donors (Lipinski definition) is 1. The Morgan fingerprint density at radius 2 is 1.81 bits per heavy atom. The summed E-state index contributed by atoms with van der Waals surface area (Å²) in [5, 5.41) is 3.69. The fraction of sp³-hybridized carbons (Fsp3) is 0.519. The lowest BCUT2D eigenvalue weighted by Crippen LogP contribution is -2.55. The van der Waals surface area contributed by atoms with Crippen LogP contribution >= 0.6 is 0 Å². The van der Waals surface area contributed by atoms with Crippen molar-refractivity contribution in [3.63, 3.8) is 0 Å². The number of likely N-dealkylation sites (tertiary alicyclic amines) is 1. The van der Waals surface area contributed by atoms with Crippen molar-refractivity contribution in [1.29, 1.82) is 0 Å². The van der Waals surface area contributed by atoms with E-state index in [0.29, 0.717) is 17.5 Å². The predicted molar refractivity (Wildman–Crippen MR) is 128 cm³/mol. The van der Waals surface area contributed by atoms with Crippen LogP contribution in [0.5, 0.6) is 0 Å². The van der Waals surface area contributed by atoms with Crippen LogP contribution in [0.4, 0.5) is 5.69 Å². The molecule has 1 saturated carbocycles. The van der Waals surface area contributed by atoms with Gasteiger partial charge in [0.05, 0.1) is 11.0 Å². The Hall–Kier alpha value is -2.33. The van der Waals surface area contributed by atoms with Crippen LogP contribution in [0.15, 0.2) is 42.5 Å². The summed E-state index contributed by atoms with van der Waals surface area (Å²) in [4.78, 5) is 7.80. The molecular formula is C27H34N4. The van der Waals surface area contributed by atoms with E-state index >= 15 is 0 Å². The van der Waals surface area contributed by atoms with Gasteiger partial charge < -0.3 is 14.8 Å². The Labute approximate surface area is 185 Å². The number of aryl methyl sites for hydroxylation is 1. The van der Waals surface area contributed by atoms with E-state index in [1.807, 2.05) is 0 Å². The number of imidazole rings is 1. The zero-order valence-electron chi connectivity index (χ0n) is 18.9. The first-order valence-corrected chi connectivity index (χ1v) is 12.1. The molecule has 0 unspecified atom stereocenters. The summed E-state index contributed by atoms with van der Waals surface area (Å²) in [5.41, 5.74) is 7.27. The third-order valence-corrected chi connectivity index (χ3v) is 8.07. The maximum atomic E-state index is 5.32. The summed E-state index contributed by atoms with van der Waals surface area (Å²) < 4.78 is 2.63. The Kier molecular flexibility index (Phi) is 4.60. The molecule has 31 heavy (non-hydrogen) atoms. The maximum Gasteiger partial charge on any atom is 0.114 e. The topological polar surface area (TPSA) is 33.1 Å². The predicted octanol–water partition coefficient (Wildman–Crippen LogP) is 5.42. The lowest BCUT2D eigenvalue weighted by Gasteiger charge is -2.52. The van der Waals surface area contributed by atoms with Gasteiger partial charge in [0.25, 0.3) is 0 Å². The molecule has 1 aromatic heterocycles. The molecule has 0 bridgehead atoms. The number of nitrogens with zero attached hydrogens (tertiary/aromatic N) is 3. The molecule has 6 rings (SSSR count). The number of aromatic nitrogens is 2. The minimum atomic E-state index is 0.547. The van der Waals surface area contributed by atoms with E-state index in [0.717, 1.165) is 12.8 Å². The van der Waals surface area contributed by atoms with Crippen molar-refractivity contribution in [2.75, 3.05) is 25.5 Å². The summed E-state index contributed by atoms with van der Waals surface area (Å²) in [6.45, 7) is 4.86. The molecule has 0 radical (unpaired) electrons. The largest absolute Gasteiger partial charge is 0.382 e. The van der Waals surface area contributed by atoms with Crippen molar-refractivity contribution in [3.8, 4) is 0 Å². The van der Waals surface area contributed by atoms with Crippen molar-refractivity contribution >= 4 is 16.7 Å². The second kappa shape index (κ2) is 7.37. The lowest BCUT2D eigenvalue weighted by molar-refractivity contribution is -0.0193. The molecule has 162 valence electrons. The monoisotopic (exact) mass is 414 g/mol. The Balaban J connectivity index is 1.40. The SMILES string of the molecule is C[C@H]1CCc2c(ccc3c2nc(Cc2ccccc2)n3C2CCC3(CC2)CN(C)C3)N1. The van der Waals surface area contributed by atoms with Crippen molar-refractivity contribution in [2.24, 2.45) is 5.41 Å². The number of anilines is 1. The first-order chi connectivity index (χ1) is 15.1. The van der Waals surface area contributed by atoms with E-state index in [9.17, 15) is 0 Å². The molecule has 1 atom stereocenters. The molecule has 0 amide bonds. The molecule has 1 spiro atoms. The Morgan fingerprint density at radius 1 is 1.03 bits per heavy atom. The molecule has 4 nitrogen and oxygen atoms in total. The van der Waals surface area contributed by atoms with Crippen LogP contribution in [-0.2, 0) is 12.8 Å². The van der Waals surface area contributed by atoms with Gasteiger partial charge in [0.15, 0.2) is 0 Å². The highest BCUT2D eigenvalue weighted by atomic mass is 15.2. The van der Waals surface area contributed by atoms with Crippen LogP contribution in [-0.4, -0.2) is 40.6 Å². The van der Waals surface area contributed by atoms with Gasteiger partial charge in [0, 0.05) is 42.8 Å². The number of fused-ring (bicyclic) bond motifs is 3. The van der Waals surface area contributed by atoms with Gasteiger partial charge in [-0.3, -0.25) is 0 Å². The van der Waals surface area contributed by atoms with Crippen LogP contribution in [0.3, 0.4) is 0 Å². The molecule has 4 heteroatoms. The highest BCUT2D eigenvalue weighted by molar-refractivity contribution is 5.86. The van der Waals surface area contributed by atoms with Crippen molar-refractivity contribution in [3.05, 3.63) is 59.4 Å². The number of rotatable bonds is 3. The van der Waals surface area contributed by atoms with Crippen molar-refractivity contribution in [1.82, 2.24) is 14.5 Å². The fourth-order valence-corrected chi connectivity index (χ4v) is 6.55. The molecule has 3 aliphatic rings. The average molecular weight is 415 g/mol. The first kappa shape index (κ1) is 19.4. The molecule has 2 aliphatic heterocycles. The van der Waals surface area contributed by atoms with E-state index in [4.69, 9.17) is 4.98 Å². The third-order valence-electron chi connectivity index (χ3n) is 8.07. The van der Waals surface area contributed by atoms with Crippen LogP contribution in [0, 0.1) is 5.41 Å². The van der Waals surface area contributed by atoms with Gasteiger partial charge in [-0.25, -0.2) is 4.98 Å². The van der Waals surface area contributed by atoms with E-state index in [1.54, 1.807) is 0 Å². The van der Waals surface area contributed by atoms with Gasteiger partial charge in [-0.1, -0.05) is 30.3 Å². The molecular weight excluding hydrogens is 380 g/mol. The molecule has 2 aromatic carbocycles. The lowest BCUT2D eigenvalue weighted by atomic mass is 9.67. The summed E-state index contributed by atoms with van der Waals surface area (Å²) in [6.07, 6.45) is 8.52. The van der Waals surface area contributed by atoms with E-state index < -0.39 is 0 Å². The zero-order valence-corrected chi connectivity index (χ0v) is 18.9. The minimum absolute atomic E-state index is 0.547. The van der Waals surface area contributed by atoms with Gasteiger partial charge in [0.1, 0.15) is 5.82 Å². The van der Waals surface area contributed by atoms with Crippen LogP contribution in [0.1, 0.15) is 62.0 Å². The van der Waals surface area contributed by atoms with Crippen LogP contribution in [0.25, 0.3) is 11.0 Å². The van der Waals surface area contributed by atoms with Gasteiger partial charge in [-0.2, -0.15) is 0 Å². The summed E-state index contributed by atoms with van der Waals surface area (Å²) in [5.74, 6) is 1.25. The highest BCUT2D eigenvalue weighted by Gasteiger charge is 2.44. The summed E-state index contributed by atoms with van der Waals surface area (Å²) >= 11 is 0. The maximum absolute atomic E-state index is 5.32. The van der Waals surface area contributed by atoms with Gasteiger partial charge in [0.2, 0.25) is 0 Å². The number of nitrogens with one attached hydrogen (secondary N) is 1. The summed E-state index contributed by atoms with van der Waals surface area (Å²) in [7, 11) is 2.26. The molecule has 1 N–H and O–H groups in total. The second-order valence-electron chi connectivity index (χ2n) is 10.5. The Morgan fingerprint density at radius 3 is 2.55 bits per heavy atom. The summed E-state index contributed by atoms with van der Waals surface area (Å²) in [6, 6.07) is 16.6. The van der Waals surface area contributed by atoms with Gasteiger partial charge in [-0.05, 0) is 75.6 Å². The van der Waals surface area contributed by atoms with Gasteiger partial charge >= 0.3 is 0 Å². The Bertz CT molecular complexity index is 1080. The molecule has 1 aliphatic carbocycles. The second-order valence-corrected chi connectivity index (χ2v) is 10.5. The van der Waals surface area contributed by atoms with Crippen molar-refractivity contribution in [2.45, 2.75) is 64.0 Å². The first-order valence-electron chi connectivity index (χ1n) is 12.1. The normalized spacial score (nSPS) is 23.5.